The summed E-state index contributed by atoms with van der Waals surface area (Å²) in [6, 6.07) is 9.92. The third-order valence-corrected chi connectivity index (χ3v) is 4.15. The Morgan fingerprint density at radius 2 is 1.85 bits per heavy atom. The van der Waals surface area contributed by atoms with Gasteiger partial charge < -0.3 is 19.7 Å². The maximum atomic E-state index is 12.0. The molecule has 27 heavy (non-hydrogen) atoms. The molecule has 0 aliphatic carbocycles. The minimum absolute atomic E-state index is 0.248. The van der Waals surface area contributed by atoms with Crippen LogP contribution in [0.2, 0.25) is 0 Å². The second kappa shape index (κ2) is 10.1. The number of nitrogens with zero attached hydrogens (tertiary/aromatic N) is 1. The monoisotopic (exact) mass is 374 g/mol. The number of esters is 1. The van der Waals surface area contributed by atoms with Crippen molar-refractivity contribution in [1.29, 1.82) is 0 Å². The average Bonchev–Trinajstić information content (AvgIpc) is 2.63. The highest BCUT2D eigenvalue weighted by molar-refractivity contribution is 5.81. The zero-order valence-electron chi connectivity index (χ0n) is 16.4. The van der Waals surface area contributed by atoms with E-state index < -0.39 is 5.60 Å². The molecule has 0 aromatic heterocycles. The predicted octanol–water partition coefficient (Wildman–Crippen LogP) is 3.28. The first-order valence-electron chi connectivity index (χ1n) is 9.42. The Balaban J connectivity index is 1.60. The van der Waals surface area contributed by atoms with Crippen molar-refractivity contribution in [2.24, 2.45) is 0 Å². The van der Waals surface area contributed by atoms with Crippen molar-refractivity contribution < 1.29 is 19.1 Å². The summed E-state index contributed by atoms with van der Waals surface area (Å²) in [7, 11) is 0. The molecule has 1 aliphatic rings. The van der Waals surface area contributed by atoms with Gasteiger partial charge in [0.1, 0.15) is 12.2 Å². The highest BCUT2D eigenvalue weighted by Crippen LogP contribution is 2.15. The lowest BCUT2D eigenvalue weighted by Crippen LogP contribution is -2.46. The number of hydrogen-bond acceptors (Lipinski definition) is 5. The molecular formula is C21H30N2O4. The van der Waals surface area contributed by atoms with Crippen LogP contribution in [0.4, 0.5) is 4.79 Å². The van der Waals surface area contributed by atoms with Crippen LogP contribution < -0.4 is 5.32 Å². The number of ether oxygens (including phenoxy) is 2. The summed E-state index contributed by atoms with van der Waals surface area (Å²) in [6.07, 6.45) is 4.71. The van der Waals surface area contributed by atoms with Gasteiger partial charge in [0.2, 0.25) is 0 Å². The van der Waals surface area contributed by atoms with E-state index in [1.807, 2.05) is 51.1 Å². The van der Waals surface area contributed by atoms with Crippen molar-refractivity contribution in [3.05, 3.63) is 48.0 Å². The number of carbonyl (C=O) groups excluding carboxylic acids is 2. The standard InChI is InChI=1S/C21H30N2O4/c1-21(2,3)27-20(25)23-14-11-18(12-15-23)22-13-7-10-19(24)26-16-17-8-5-4-6-9-17/h4-10,18,22H,11-16H2,1-3H3. The summed E-state index contributed by atoms with van der Waals surface area (Å²) in [6.45, 7) is 7.84. The van der Waals surface area contributed by atoms with Crippen LogP contribution in [-0.4, -0.2) is 48.2 Å². The Labute approximate surface area is 161 Å². The quantitative estimate of drug-likeness (QED) is 0.611. The molecule has 1 heterocycles. The van der Waals surface area contributed by atoms with Gasteiger partial charge in [-0.25, -0.2) is 9.59 Å². The Morgan fingerprint density at radius 1 is 1.19 bits per heavy atom. The molecule has 1 aliphatic heterocycles. The van der Waals surface area contributed by atoms with Crippen molar-refractivity contribution >= 4 is 12.1 Å². The van der Waals surface area contributed by atoms with Crippen molar-refractivity contribution in [3.8, 4) is 0 Å². The van der Waals surface area contributed by atoms with Crippen molar-refractivity contribution in [2.45, 2.75) is 51.9 Å². The average molecular weight is 374 g/mol. The molecule has 1 amide bonds. The molecule has 0 radical (unpaired) electrons. The topological polar surface area (TPSA) is 67.9 Å². The number of amides is 1. The molecule has 0 bridgehead atoms. The van der Waals surface area contributed by atoms with Crippen LogP contribution in [0.15, 0.2) is 42.5 Å². The van der Waals surface area contributed by atoms with Gasteiger partial charge in [-0.1, -0.05) is 36.4 Å². The zero-order valence-corrected chi connectivity index (χ0v) is 16.4. The van der Waals surface area contributed by atoms with Gasteiger partial charge in [-0.05, 0) is 39.2 Å². The van der Waals surface area contributed by atoms with Gasteiger partial charge in [-0.2, -0.15) is 0 Å². The lowest BCUT2D eigenvalue weighted by molar-refractivity contribution is -0.139. The van der Waals surface area contributed by atoms with Gasteiger partial charge in [0.25, 0.3) is 0 Å². The lowest BCUT2D eigenvalue weighted by Gasteiger charge is -2.33. The molecule has 0 unspecified atom stereocenters. The molecular weight excluding hydrogens is 344 g/mol. The maximum Gasteiger partial charge on any atom is 0.410 e. The van der Waals surface area contributed by atoms with E-state index in [4.69, 9.17) is 9.47 Å². The van der Waals surface area contributed by atoms with Gasteiger partial charge in [-0.15, -0.1) is 0 Å². The van der Waals surface area contributed by atoms with Crippen LogP contribution in [-0.2, 0) is 20.9 Å². The highest BCUT2D eigenvalue weighted by atomic mass is 16.6. The minimum atomic E-state index is -0.466. The largest absolute Gasteiger partial charge is 0.458 e. The number of hydrogen-bond donors (Lipinski definition) is 1. The summed E-state index contributed by atoms with van der Waals surface area (Å²) in [4.78, 5) is 25.5. The number of likely N-dealkylation sites (tertiary alicyclic amines) is 1. The number of rotatable bonds is 6. The Bertz CT molecular complexity index is 629. The summed E-state index contributed by atoms with van der Waals surface area (Å²) in [5.41, 5.74) is 0.501. The molecule has 6 heteroatoms. The molecule has 148 valence electrons. The van der Waals surface area contributed by atoms with E-state index in [9.17, 15) is 9.59 Å². The smallest absolute Gasteiger partial charge is 0.410 e. The van der Waals surface area contributed by atoms with Crippen molar-refractivity contribution in [2.75, 3.05) is 19.6 Å². The molecule has 1 aromatic carbocycles. The van der Waals surface area contributed by atoms with E-state index in [2.05, 4.69) is 5.32 Å². The van der Waals surface area contributed by atoms with E-state index in [0.717, 1.165) is 18.4 Å². The summed E-state index contributed by atoms with van der Waals surface area (Å²) in [5, 5.41) is 3.39. The Kier molecular flexibility index (Phi) is 7.85. The van der Waals surface area contributed by atoms with Gasteiger partial charge >= 0.3 is 12.1 Å². The SMILES string of the molecule is CC(C)(C)OC(=O)N1CCC(NCC=CC(=O)OCc2ccccc2)CC1. The lowest BCUT2D eigenvalue weighted by atomic mass is 10.1. The number of carbonyl (C=O) groups is 2. The van der Waals surface area contributed by atoms with E-state index in [0.29, 0.717) is 25.7 Å². The third-order valence-electron chi connectivity index (χ3n) is 4.15. The van der Waals surface area contributed by atoms with Crippen LogP contribution in [0.5, 0.6) is 0 Å². The maximum absolute atomic E-state index is 12.0. The predicted molar refractivity (Wildman–Crippen MR) is 104 cm³/mol. The number of nitrogens with one attached hydrogen (secondary N) is 1. The first-order valence-corrected chi connectivity index (χ1v) is 9.42. The molecule has 0 saturated carbocycles. The van der Waals surface area contributed by atoms with Crippen molar-refractivity contribution in [3.63, 3.8) is 0 Å². The fourth-order valence-electron chi connectivity index (χ4n) is 2.76. The first kappa shape index (κ1) is 21.0. The molecule has 2 rings (SSSR count). The second-order valence-electron chi connectivity index (χ2n) is 7.65. The van der Waals surface area contributed by atoms with E-state index in [1.54, 1.807) is 11.0 Å². The van der Waals surface area contributed by atoms with Crippen LogP contribution in [0, 0.1) is 0 Å². The normalized spacial score (nSPS) is 15.7. The molecule has 6 nitrogen and oxygen atoms in total. The fraction of sp³-hybridized carbons (Fsp3) is 0.524. The molecule has 0 spiro atoms. The molecule has 1 aromatic rings. The molecule has 1 saturated heterocycles. The van der Waals surface area contributed by atoms with Gasteiger partial charge in [0.05, 0.1) is 0 Å². The van der Waals surface area contributed by atoms with Gasteiger partial charge in [0, 0.05) is 31.8 Å². The Morgan fingerprint density at radius 3 is 2.48 bits per heavy atom. The van der Waals surface area contributed by atoms with Crippen molar-refractivity contribution in [1.82, 2.24) is 10.2 Å². The number of piperidine rings is 1. The fourth-order valence-corrected chi connectivity index (χ4v) is 2.76. The number of benzene rings is 1. The van der Waals surface area contributed by atoms with Crippen LogP contribution in [0.25, 0.3) is 0 Å². The zero-order chi connectivity index (χ0) is 19.7. The second-order valence-corrected chi connectivity index (χ2v) is 7.65. The molecule has 1 N–H and O–H groups in total. The third kappa shape index (κ3) is 8.26. The van der Waals surface area contributed by atoms with Crippen LogP contribution in [0.3, 0.4) is 0 Å². The Hall–Kier alpha value is -2.34. The van der Waals surface area contributed by atoms with E-state index in [-0.39, 0.29) is 18.7 Å². The summed E-state index contributed by atoms with van der Waals surface area (Å²) in [5.74, 6) is -0.347. The minimum Gasteiger partial charge on any atom is -0.458 e. The summed E-state index contributed by atoms with van der Waals surface area (Å²) < 4.78 is 10.6. The van der Waals surface area contributed by atoms with Gasteiger partial charge in [0.15, 0.2) is 0 Å². The molecule has 1 fully saturated rings. The first-order chi connectivity index (χ1) is 12.8. The van der Waals surface area contributed by atoms with E-state index in [1.165, 1.54) is 6.08 Å². The van der Waals surface area contributed by atoms with Crippen LogP contribution >= 0.6 is 0 Å². The molecule has 0 atom stereocenters. The van der Waals surface area contributed by atoms with Gasteiger partial charge in [-0.3, -0.25) is 0 Å². The van der Waals surface area contributed by atoms with Crippen LogP contribution in [0.1, 0.15) is 39.2 Å². The summed E-state index contributed by atoms with van der Waals surface area (Å²) >= 11 is 0. The highest BCUT2D eigenvalue weighted by Gasteiger charge is 2.26. The van der Waals surface area contributed by atoms with E-state index >= 15 is 0 Å².